The molecular weight excluding hydrogens is 144 g/mol. The van der Waals surface area contributed by atoms with Gasteiger partial charge in [-0.15, -0.1) is 0 Å². The molecule has 0 saturated carbocycles. The molecule has 0 aromatic carbocycles. The van der Waals surface area contributed by atoms with Crippen LogP contribution < -0.4 is 0 Å². The minimum Gasteiger partial charge on any atom is -0.463 e. The number of carbonyl (C=O) groups excluding carboxylic acids is 1. The SMILES string of the molecule is CCCOC1(C)CCOC1=O. The summed E-state index contributed by atoms with van der Waals surface area (Å²) in [7, 11) is 0. The fourth-order valence-corrected chi connectivity index (χ4v) is 1.05. The van der Waals surface area contributed by atoms with Crippen LogP contribution >= 0.6 is 0 Å². The maximum atomic E-state index is 11.1. The number of carbonyl (C=O) groups is 1. The summed E-state index contributed by atoms with van der Waals surface area (Å²) in [4.78, 5) is 11.1. The molecule has 1 atom stereocenters. The van der Waals surface area contributed by atoms with E-state index in [0.717, 1.165) is 6.42 Å². The highest BCUT2D eigenvalue weighted by Gasteiger charge is 2.40. The highest BCUT2D eigenvalue weighted by atomic mass is 16.6. The second-order valence-corrected chi connectivity index (χ2v) is 2.97. The highest BCUT2D eigenvalue weighted by Crippen LogP contribution is 2.23. The summed E-state index contributed by atoms with van der Waals surface area (Å²) in [6, 6.07) is 0. The molecule has 3 nitrogen and oxygen atoms in total. The Morgan fingerprint density at radius 2 is 2.45 bits per heavy atom. The highest BCUT2D eigenvalue weighted by molar-refractivity contribution is 5.80. The average molecular weight is 158 g/mol. The van der Waals surface area contributed by atoms with Crippen LogP contribution in [0.5, 0.6) is 0 Å². The predicted octanol–water partition coefficient (Wildman–Crippen LogP) is 1.12. The lowest BCUT2D eigenvalue weighted by Crippen LogP contribution is -2.34. The van der Waals surface area contributed by atoms with Gasteiger partial charge in [0.05, 0.1) is 6.61 Å². The quantitative estimate of drug-likeness (QED) is 0.577. The van der Waals surface area contributed by atoms with Crippen molar-refractivity contribution in [2.45, 2.75) is 32.3 Å². The minimum atomic E-state index is -0.657. The molecule has 0 aromatic rings. The maximum absolute atomic E-state index is 11.1. The van der Waals surface area contributed by atoms with Crippen molar-refractivity contribution >= 4 is 5.97 Å². The average Bonchev–Trinajstić information content (AvgIpc) is 2.30. The van der Waals surface area contributed by atoms with E-state index in [1.807, 2.05) is 6.92 Å². The molecule has 0 amide bonds. The third kappa shape index (κ3) is 1.71. The standard InChI is InChI=1S/C8H14O3/c1-3-5-11-8(2)4-6-10-7(8)9/h3-6H2,1-2H3. The smallest absolute Gasteiger partial charge is 0.338 e. The fraction of sp³-hybridized carbons (Fsp3) is 0.875. The van der Waals surface area contributed by atoms with Crippen LogP contribution in [0.4, 0.5) is 0 Å². The van der Waals surface area contributed by atoms with E-state index in [9.17, 15) is 4.79 Å². The molecule has 11 heavy (non-hydrogen) atoms. The van der Waals surface area contributed by atoms with Crippen LogP contribution in [0.2, 0.25) is 0 Å². The first-order chi connectivity index (χ1) is 5.19. The molecule has 0 spiro atoms. The zero-order valence-corrected chi connectivity index (χ0v) is 7.05. The number of cyclic esters (lactones) is 1. The van der Waals surface area contributed by atoms with E-state index in [1.165, 1.54) is 0 Å². The molecule has 1 aliphatic rings. The summed E-state index contributed by atoms with van der Waals surface area (Å²) in [6.07, 6.45) is 1.62. The molecule has 0 aromatic heterocycles. The molecule has 3 heteroatoms. The maximum Gasteiger partial charge on any atom is 0.338 e. The fourth-order valence-electron chi connectivity index (χ4n) is 1.05. The van der Waals surface area contributed by atoms with Crippen LogP contribution in [0.25, 0.3) is 0 Å². The first-order valence-corrected chi connectivity index (χ1v) is 4.00. The molecule has 1 aliphatic heterocycles. The Hall–Kier alpha value is -0.570. The van der Waals surface area contributed by atoms with Gasteiger partial charge in [0.1, 0.15) is 0 Å². The molecule has 0 radical (unpaired) electrons. The molecule has 1 unspecified atom stereocenters. The van der Waals surface area contributed by atoms with E-state index >= 15 is 0 Å². The number of rotatable bonds is 3. The zero-order valence-electron chi connectivity index (χ0n) is 7.05. The Balaban J connectivity index is 2.44. The van der Waals surface area contributed by atoms with Gasteiger partial charge in [0.25, 0.3) is 0 Å². The van der Waals surface area contributed by atoms with Crippen molar-refractivity contribution in [2.75, 3.05) is 13.2 Å². The largest absolute Gasteiger partial charge is 0.463 e. The monoisotopic (exact) mass is 158 g/mol. The van der Waals surface area contributed by atoms with Crippen LogP contribution in [0.15, 0.2) is 0 Å². The molecule has 1 saturated heterocycles. The van der Waals surface area contributed by atoms with E-state index in [4.69, 9.17) is 9.47 Å². The molecule has 1 fully saturated rings. The summed E-state index contributed by atoms with van der Waals surface area (Å²) in [5.41, 5.74) is -0.657. The van der Waals surface area contributed by atoms with Crippen molar-refractivity contribution in [3.8, 4) is 0 Å². The Morgan fingerprint density at radius 1 is 1.73 bits per heavy atom. The van der Waals surface area contributed by atoms with Crippen LogP contribution in [-0.4, -0.2) is 24.8 Å². The predicted molar refractivity (Wildman–Crippen MR) is 40.2 cm³/mol. The summed E-state index contributed by atoms with van der Waals surface area (Å²) in [5.74, 6) is -0.217. The van der Waals surface area contributed by atoms with Crippen LogP contribution in [0.3, 0.4) is 0 Å². The Morgan fingerprint density at radius 3 is 2.91 bits per heavy atom. The van der Waals surface area contributed by atoms with Crippen LogP contribution in [0, 0.1) is 0 Å². The van der Waals surface area contributed by atoms with E-state index in [0.29, 0.717) is 19.6 Å². The van der Waals surface area contributed by atoms with Gasteiger partial charge in [0, 0.05) is 13.0 Å². The van der Waals surface area contributed by atoms with Gasteiger partial charge in [0.15, 0.2) is 5.60 Å². The molecule has 0 bridgehead atoms. The number of esters is 1. The lowest BCUT2D eigenvalue weighted by Gasteiger charge is -2.18. The first kappa shape index (κ1) is 8.53. The summed E-state index contributed by atoms with van der Waals surface area (Å²) in [5, 5.41) is 0. The molecular formula is C8H14O3. The zero-order chi connectivity index (χ0) is 8.32. The minimum absolute atomic E-state index is 0.217. The van der Waals surface area contributed by atoms with Crippen molar-refractivity contribution in [1.82, 2.24) is 0 Å². The van der Waals surface area contributed by atoms with Crippen molar-refractivity contribution in [3.05, 3.63) is 0 Å². The summed E-state index contributed by atoms with van der Waals surface area (Å²) in [6.45, 7) is 4.94. The van der Waals surface area contributed by atoms with Gasteiger partial charge >= 0.3 is 5.97 Å². The second-order valence-electron chi connectivity index (χ2n) is 2.97. The molecule has 0 N–H and O–H groups in total. The van der Waals surface area contributed by atoms with Crippen molar-refractivity contribution in [3.63, 3.8) is 0 Å². The van der Waals surface area contributed by atoms with E-state index < -0.39 is 5.60 Å². The van der Waals surface area contributed by atoms with Gasteiger partial charge in [0.2, 0.25) is 0 Å². The van der Waals surface area contributed by atoms with E-state index in [1.54, 1.807) is 6.92 Å². The van der Waals surface area contributed by atoms with Crippen LogP contribution in [0.1, 0.15) is 26.7 Å². The normalized spacial score (nSPS) is 30.5. The van der Waals surface area contributed by atoms with Crippen molar-refractivity contribution in [2.24, 2.45) is 0 Å². The van der Waals surface area contributed by atoms with Gasteiger partial charge in [-0.1, -0.05) is 6.92 Å². The number of ether oxygens (including phenoxy) is 2. The van der Waals surface area contributed by atoms with E-state index in [-0.39, 0.29) is 5.97 Å². The molecule has 64 valence electrons. The second kappa shape index (κ2) is 3.22. The lowest BCUT2D eigenvalue weighted by atomic mass is 10.1. The molecule has 1 rings (SSSR count). The third-order valence-corrected chi connectivity index (χ3v) is 1.87. The number of hydrogen-bond acceptors (Lipinski definition) is 3. The first-order valence-electron chi connectivity index (χ1n) is 4.00. The van der Waals surface area contributed by atoms with Crippen molar-refractivity contribution < 1.29 is 14.3 Å². The Labute approximate surface area is 66.7 Å². The van der Waals surface area contributed by atoms with E-state index in [2.05, 4.69) is 0 Å². The lowest BCUT2D eigenvalue weighted by molar-refractivity contribution is -0.156. The van der Waals surface area contributed by atoms with Gasteiger partial charge in [-0.2, -0.15) is 0 Å². The Kier molecular flexibility index (Phi) is 2.49. The van der Waals surface area contributed by atoms with Gasteiger partial charge in [-0.05, 0) is 13.3 Å². The van der Waals surface area contributed by atoms with Crippen LogP contribution in [-0.2, 0) is 14.3 Å². The summed E-state index contributed by atoms with van der Waals surface area (Å²) < 4.78 is 10.2. The van der Waals surface area contributed by atoms with Gasteiger partial charge < -0.3 is 9.47 Å². The van der Waals surface area contributed by atoms with Gasteiger partial charge in [-0.25, -0.2) is 4.79 Å². The molecule has 1 heterocycles. The van der Waals surface area contributed by atoms with Crippen molar-refractivity contribution in [1.29, 1.82) is 0 Å². The molecule has 0 aliphatic carbocycles. The topological polar surface area (TPSA) is 35.5 Å². The Bertz CT molecular complexity index is 155. The number of hydrogen-bond donors (Lipinski definition) is 0. The third-order valence-electron chi connectivity index (χ3n) is 1.87. The summed E-state index contributed by atoms with van der Waals surface area (Å²) >= 11 is 0. The van der Waals surface area contributed by atoms with Gasteiger partial charge in [-0.3, -0.25) is 0 Å².